The number of guanidine groups is 1. The predicted molar refractivity (Wildman–Crippen MR) is 106 cm³/mol. The molecule has 7 nitrogen and oxygen atoms in total. The first-order valence-corrected chi connectivity index (χ1v) is 11.3. The maximum atomic E-state index is 12.4. The molecule has 0 aliphatic carbocycles. The molecule has 1 aliphatic rings. The van der Waals surface area contributed by atoms with E-state index in [1.807, 2.05) is 35.8 Å². The fourth-order valence-electron chi connectivity index (χ4n) is 2.67. The third-order valence-electron chi connectivity index (χ3n) is 4.05. The summed E-state index contributed by atoms with van der Waals surface area (Å²) in [6, 6.07) is 1.91. The van der Waals surface area contributed by atoms with Crippen molar-refractivity contribution in [2.45, 2.75) is 6.54 Å². The molecule has 25 heavy (non-hydrogen) atoms. The lowest BCUT2D eigenvalue weighted by Crippen LogP contribution is -2.44. The van der Waals surface area contributed by atoms with Gasteiger partial charge in [-0.15, -0.1) is 0 Å². The molecule has 1 N–H and O–H groups in total. The van der Waals surface area contributed by atoms with Crippen LogP contribution in [-0.4, -0.2) is 79.1 Å². The van der Waals surface area contributed by atoms with Crippen molar-refractivity contribution >= 4 is 39.3 Å². The number of nitrogens with zero attached hydrogens (tertiary/aromatic N) is 4. The highest BCUT2D eigenvalue weighted by molar-refractivity contribution is 7.99. The van der Waals surface area contributed by atoms with Gasteiger partial charge in [0.25, 0.3) is 0 Å². The highest BCUT2D eigenvalue weighted by atomic mass is 35.5. The largest absolute Gasteiger partial charge is 0.355 e. The summed E-state index contributed by atoms with van der Waals surface area (Å²) in [5, 5.41) is 3.83. The number of sulfonamides is 1. The van der Waals surface area contributed by atoms with Crippen LogP contribution in [0.3, 0.4) is 0 Å². The molecule has 0 saturated carbocycles. The third-order valence-corrected chi connectivity index (χ3v) is 7.07. The highest BCUT2D eigenvalue weighted by Gasteiger charge is 2.23. The van der Waals surface area contributed by atoms with Gasteiger partial charge in [-0.05, 0) is 6.07 Å². The van der Waals surface area contributed by atoms with E-state index < -0.39 is 10.0 Å². The lowest BCUT2D eigenvalue weighted by molar-refractivity contribution is 0.441. The van der Waals surface area contributed by atoms with E-state index in [1.54, 1.807) is 23.1 Å². The Labute approximate surface area is 159 Å². The summed E-state index contributed by atoms with van der Waals surface area (Å²) in [6.45, 7) is 2.17. The summed E-state index contributed by atoms with van der Waals surface area (Å²) >= 11 is 7.81. The number of rotatable bonds is 6. The first-order valence-electron chi connectivity index (χ1n) is 8.11. The van der Waals surface area contributed by atoms with Crippen LogP contribution in [0.1, 0.15) is 5.69 Å². The SMILES string of the molecule is CN=C(NCCS(=O)(=O)N1CCSCC1)N(C)Cc1cc(Cl)cn1C. The van der Waals surface area contributed by atoms with E-state index in [2.05, 4.69) is 10.3 Å². The average molecular weight is 408 g/mol. The second-order valence-corrected chi connectivity index (χ2v) is 9.67. The van der Waals surface area contributed by atoms with Crippen LogP contribution in [0.25, 0.3) is 0 Å². The van der Waals surface area contributed by atoms with Gasteiger partial charge in [0, 0.05) is 64.2 Å². The molecule has 0 atom stereocenters. The number of halogens is 1. The van der Waals surface area contributed by atoms with Gasteiger partial charge in [-0.1, -0.05) is 11.6 Å². The smallest absolute Gasteiger partial charge is 0.215 e. The molecule has 0 aromatic carbocycles. The Hall–Kier alpha value is -0.900. The van der Waals surface area contributed by atoms with Crippen LogP contribution >= 0.6 is 23.4 Å². The van der Waals surface area contributed by atoms with E-state index >= 15 is 0 Å². The fourth-order valence-corrected chi connectivity index (χ4v) is 5.44. The topological polar surface area (TPSA) is 69.9 Å². The van der Waals surface area contributed by atoms with Gasteiger partial charge >= 0.3 is 0 Å². The summed E-state index contributed by atoms with van der Waals surface area (Å²) in [6.07, 6.45) is 1.85. The van der Waals surface area contributed by atoms with Crippen LogP contribution in [0.2, 0.25) is 5.02 Å². The summed E-state index contributed by atoms with van der Waals surface area (Å²) in [5.74, 6) is 2.47. The van der Waals surface area contributed by atoms with Crippen LogP contribution in [0, 0.1) is 0 Å². The monoisotopic (exact) mass is 407 g/mol. The lowest BCUT2D eigenvalue weighted by atomic mass is 10.4. The molecule has 1 aromatic rings. The summed E-state index contributed by atoms with van der Waals surface area (Å²) < 4.78 is 28.3. The minimum Gasteiger partial charge on any atom is -0.355 e. The van der Waals surface area contributed by atoms with E-state index in [9.17, 15) is 8.42 Å². The number of thioether (sulfide) groups is 1. The Morgan fingerprint density at radius 2 is 2.12 bits per heavy atom. The molecule has 0 unspecified atom stereocenters. The molecule has 142 valence electrons. The third kappa shape index (κ3) is 5.80. The predicted octanol–water partition coefficient (Wildman–Crippen LogP) is 1.06. The fraction of sp³-hybridized carbons (Fsp3) is 0.667. The first kappa shape index (κ1) is 20.4. The molecule has 1 fully saturated rings. The molecule has 10 heteroatoms. The van der Waals surface area contributed by atoms with E-state index in [0.717, 1.165) is 17.2 Å². The molecule has 0 radical (unpaired) electrons. The number of aromatic nitrogens is 1. The van der Waals surface area contributed by atoms with Crippen molar-refractivity contribution in [1.82, 2.24) is 19.1 Å². The molecule has 1 saturated heterocycles. The van der Waals surface area contributed by atoms with E-state index in [1.165, 1.54) is 0 Å². The Balaban J connectivity index is 1.86. The van der Waals surface area contributed by atoms with Crippen molar-refractivity contribution in [2.75, 3.05) is 51.0 Å². The summed E-state index contributed by atoms with van der Waals surface area (Å²) in [4.78, 5) is 6.17. The Bertz CT molecular complexity index is 699. The maximum Gasteiger partial charge on any atom is 0.215 e. The van der Waals surface area contributed by atoms with Crippen molar-refractivity contribution in [3.8, 4) is 0 Å². The molecule has 2 heterocycles. The van der Waals surface area contributed by atoms with Crippen molar-refractivity contribution < 1.29 is 8.42 Å². The van der Waals surface area contributed by atoms with Crippen LogP contribution in [-0.2, 0) is 23.6 Å². The number of hydrogen-bond acceptors (Lipinski definition) is 4. The van der Waals surface area contributed by atoms with Crippen LogP contribution < -0.4 is 5.32 Å². The van der Waals surface area contributed by atoms with Crippen LogP contribution in [0.15, 0.2) is 17.3 Å². The molecule has 0 amide bonds. The lowest BCUT2D eigenvalue weighted by Gasteiger charge is -2.26. The second-order valence-electron chi connectivity index (χ2n) is 5.92. The Morgan fingerprint density at radius 3 is 2.68 bits per heavy atom. The average Bonchev–Trinajstić information content (AvgIpc) is 2.89. The molecular weight excluding hydrogens is 382 g/mol. The number of aryl methyl sites for hydroxylation is 1. The molecule has 0 bridgehead atoms. The normalized spacial score (nSPS) is 16.9. The first-order chi connectivity index (χ1) is 11.8. The highest BCUT2D eigenvalue weighted by Crippen LogP contribution is 2.14. The van der Waals surface area contributed by atoms with Gasteiger partial charge in [0.05, 0.1) is 17.3 Å². The minimum absolute atomic E-state index is 0.0699. The van der Waals surface area contributed by atoms with Gasteiger partial charge < -0.3 is 14.8 Å². The van der Waals surface area contributed by atoms with Gasteiger partial charge in [-0.25, -0.2) is 12.7 Å². The van der Waals surface area contributed by atoms with Crippen LogP contribution in [0.4, 0.5) is 0 Å². The van der Waals surface area contributed by atoms with Crippen molar-refractivity contribution in [1.29, 1.82) is 0 Å². The molecule has 2 rings (SSSR count). The van der Waals surface area contributed by atoms with E-state index in [0.29, 0.717) is 37.2 Å². The number of aliphatic imine (C=N–C) groups is 1. The minimum atomic E-state index is -3.21. The van der Waals surface area contributed by atoms with Crippen molar-refractivity contribution in [3.05, 3.63) is 23.0 Å². The standard InChI is InChI=1S/C15H26ClN5O2S2/c1-17-15(20(3)12-14-10-13(16)11-19(14)2)18-4-9-25(22,23)21-5-7-24-8-6-21/h10-11H,4-9,12H2,1-3H3,(H,17,18). The van der Waals surface area contributed by atoms with E-state index in [-0.39, 0.29) is 5.75 Å². The van der Waals surface area contributed by atoms with E-state index in [4.69, 9.17) is 11.6 Å². The van der Waals surface area contributed by atoms with Gasteiger partial charge in [-0.2, -0.15) is 11.8 Å². The summed E-state index contributed by atoms with van der Waals surface area (Å²) in [7, 11) is 2.32. The number of nitrogens with one attached hydrogen (secondary N) is 1. The van der Waals surface area contributed by atoms with Crippen molar-refractivity contribution in [3.63, 3.8) is 0 Å². The zero-order valence-corrected chi connectivity index (χ0v) is 17.3. The van der Waals surface area contributed by atoms with Gasteiger partial charge in [0.15, 0.2) is 5.96 Å². The zero-order chi connectivity index (χ0) is 18.4. The maximum absolute atomic E-state index is 12.4. The van der Waals surface area contributed by atoms with Gasteiger partial charge in [-0.3, -0.25) is 4.99 Å². The Morgan fingerprint density at radius 1 is 1.44 bits per heavy atom. The summed E-state index contributed by atoms with van der Waals surface area (Å²) in [5.41, 5.74) is 1.05. The molecule has 1 aromatic heterocycles. The van der Waals surface area contributed by atoms with Gasteiger partial charge in [0.1, 0.15) is 0 Å². The Kier molecular flexibility index (Phi) is 7.48. The van der Waals surface area contributed by atoms with Crippen LogP contribution in [0.5, 0.6) is 0 Å². The molecular formula is C15H26ClN5O2S2. The van der Waals surface area contributed by atoms with Crippen molar-refractivity contribution in [2.24, 2.45) is 12.0 Å². The zero-order valence-electron chi connectivity index (χ0n) is 14.9. The second kappa shape index (κ2) is 9.16. The molecule has 0 spiro atoms. The quantitative estimate of drug-likeness (QED) is 0.564. The molecule has 1 aliphatic heterocycles. The van der Waals surface area contributed by atoms with Gasteiger partial charge in [0.2, 0.25) is 10.0 Å². The number of hydrogen-bond donors (Lipinski definition) is 1.